The summed E-state index contributed by atoms with van der Waals surface area (Å²) >= 11 is 19.0. The summed E-state index contributed by atoms with van der Waals surface area (Å²) in [5.41, 5.74) is 0.635. The van der Waals surface area contributed by atoms with E-state index >= 15 is 0 Å². The summed E-state index contributed by atoms with van der Waals surface area (Å²) in [6.45, 7) is 1.42. The molecule has 7 nitrogen and oxygen atoms in total. The molecule has 1 N–H and O–H groups in total. The summed E-state index contributed by atoms with van der Waals surface area (Å²) in [6, 6.07) is 7.02. The van der Waals surface area contributed by atoms with Crippen molar-refractivity contribution in [1.82, 2.24) is 9.78 Å². The Kier molecular flexibility index (Phi) is 7.14. The summed E-state index contributed by atoms with van der Waals surface area (Å²) in [5.74, 6) is -1.19. The minimum atomic E-state index is -0.701. The lowest BCUT2D eigenvalue weighted by Crippen LogP contribution is -2.30. The summed E-state index contributed by atoms with van der Waals surface area (Å²) in [6.07, 6.45) is 1.17. The number of rotatable bonds is 6. The van der Waals surface area contributed by atoms with Crippen LogP contribution in [0.5, 0.6) is 0 Å². The molecule has 0 aliphatic rings. The van der Waals surface area contributed by atoms with Gasteiger partial charge in [0.2, 0.25) is 5.91 Å². The molecule has 0 atom stereocenters. The Balaban J connectivity index is 1.93. The van der Waals surface area contributed by atoms with Crippen molar-refractivity contribution in [1.29, 1.82) is 0 Å². The van der Waals surface area contributed by atoms with Gasteiger partial charge in [0.15, 0.2) is 0 Å². The lowest BCUT2D eigenvalue weighted by Gasteiger charge is -2.10. The van der Waals surface area contributed by atoms with Gasteiger partial charge in [0.25, 0.3) is 5.56 Å². The minimum absolute atomic E-state index is 0.00874. The van der Waals surface area contributed by atoms with E-state index in [0.29, 0.717) is 16.1 Å². The van der Waals surface area contributed by atoms with Crippen LogP contribution in [0.2, 0.25) is 15.1 Å². The van der Waals surface area contributed by atoms with Gasteiger partial charge in [0, 0.05) is 21.5 Å². The molecule has 1 aromatic carbocycles. The predicted molar refractivity (Wildman–Crippen MR) is 118 cm³/mol. The number of carbonyl (C=O) groups excluding carboxylic acids is 2. The molecule has 0 unspecified atom stereocenters. The first-order valence-electron chi connectivity index (χ1n) is 8.58. The highest BCUT2D eigenvalue weighted by molar-refractivity contribution is 7.15. The Morgan fingerprint density at radius 3 is 2.60 bits per heavy atom. The number of carbonyl (C=O) groups is 2. The van der Waals surface area contributed by atoms with E-state index < -0.39 is 24.0 Å². The van der Waals surface area contributed by atoms with Crippen LogP contribution < -0.4 is 10.9 Å². The van der Waals surface area contributed by atoms with Crippen LogP contribution in [-0.4, -0.2) is 28.3 Å². The van der Waals surface area contributed by atoms with Crippen molar-refractivity contribution >= 4 is 63.0 Å². The molecular weight excluding hydrogens is 473 g/mol. The Hall–Kier alpha value is -2.39. The standard InChI is InChI=1S/C19H14Cl3N3O4S/c1-2-29-19(28)15-11(10-5-3-4-6-12(10)20)9-30-17(15)24-14(26)8-25-18(27)16(22)13(21)7-23-25/h3-7,9H,2,8H2,1H3,(H,24,26). The molecule has 11 heteroatoms. The van der Waals surface area contributed by atoms with Crippen molar-refractivity contribution in [3.05, 3.63) is 66.8 Å². The first-order valence-corrected chi connectivity index (χ1v) is 10.6. The number of hydrogen-bond donors (Lipinski definition) is 1. The maximum Gasteiger partial charge on any atom is 0.341 e. The van der Waals surface area contributed by atoms with E-state index in [1.54, 1.807) is 36.6 Å². The molecule has 1 amide bonds. The van der Waals surface area contributed by atoms with E-state index in [1.165, 1.54) is 6.20 Å². The van der Waals surface area contributed by atoms with Crippen molar-refractivity contribution in [2.75, 3.05) is 11.9 Å². The van der Waals surface area contributed by atoms with Gasteiger partial charge in [-0.15, -0.1) is 11.3 Å². The largest absolute Gasteiger partial charge is 0.462 e. The topological polar surface area (TPSA) is 90.3 Å². The van der Waals surface area contributed by atoms with Gasteiger partial charge in [-0.1, -0.05) is 53.0 Å². The van der Waals surface area contributed by atoms with Gasteiger partial charge in [-0.3, -0.25) is 9.59 Å². The second kappa shape index (κ2) is 9.61. The molecular formula is C19H14Cl3N3O4S. The van der Waals surface area contributed by atoms with Gasteiger partial charge < -0.3 is 10.1 Å². The number of esters is 1. The Morgan fingerprint density at radius 2 is 1.90 bits per heavy atom. The molecule has 3 rings (SSSR count). The fraction of sp³-hybridized carbons (Fsp3) is 0.158. The van der Waals surface area contributed by atoms with Crippen LogP contribution in [0, 0.1) is 0 Å². The van der Waals surface area contributed by atoms with E-state index in [9.17, 15) is 14.4 Å². The summed E-state index contributed by atoms with van der Waals surface area (Å²) < 4.78 is 6.02. The molecule has 30 heavy (non-hydrogen) atoms. The van der Waals surface area contributed by atoms with Gasteiger partial charge in [-0.2, -0.15) is 5.10 Å². The number of ether oxygens (including phenoxy) is 1. The second-order valence-corrected chi connectivity index (χ2v) is 7.94. The van der Waals surface area contributed by atoms with Crippen LogP contribution in [0.15, 0.2) is 40.6 Å². The molecule has 3 aromatic rings. The van der Waals surface area contributed by atoms with Crippen LogP contribution in [0.1, 0.15) is 17.3 Å². The maximum atomic E-state index is 12.6. The lowest BCUT2D eigenvalue weighted by molar-refractivity contribution is -0.117. The van der Waals surface area contributed by atoms with Crippen molar-refractivity contribution < 1.29 is 14.3 Å². The van der Waals surface area contributed by atoms with Crippen LogP contribution in [0.3, 0.4) is 0 Å². The maximum absolute atomic E-state index is 12.6. The van der Waals surface area contributed by atoms with Crippen LogP contribution >= 0.6 is 46.1 Å². The lowest BCUT2D eigenvalue weighted by atomic mass is 10.0. The zero-order chi connectivity index (χ0) is 21.8. The zero-order valence-corrected chi connectivity index (χ0v) is 18.5. The van der Waals surface area contributed by atoms with Crippen molar-refractivity contribution in [3.8, 4) is 11.1 Å². The van der Waals surface area contributed by atoms with Crippen molar-refractivity contribution in [3.63, 3.8) is 0 Å². The smallest absolute Gasteiger partial charge is 0.341 e. The average molecular weight is 487 g/mol. The third-order valence-electron chi connectivity index (χ3n) is 3.92. The van der Waals surface area contributed by atoms with Gasteiger partial charge in [0.1, 0.15) is 22.1 Å². The Bertz CT molecular complexity index is 1180. The van der Waals surface area contributed by atoms with Crippen molar-refractivity contribution in [2.45, 2.75) is 13.5 Å². The molecule has 0 fully saturated rings. The monoisotopic (exact) mass is 485 g/mol. The van der Waals surface area contributed by atoms with E-state index in [0.717, 1.165) is 16.0 Å². The quantitative estimate of drug-likeness (QED) is 0.508. The number of benzene rings is 1. The highest BCUT2D eigenvalue weighted by Gasteiger charge is 2.24. The Morgan fingerprint density at radius 1 is 1.17 bits per heavy atom. The number of aromatic nitrogens is 2. The van der Waals surface area contributed by atoms with Crippen LogP contribution in [0.4, 0.5) is 5.00 Å². The third kappa shape index (κ3) is 4.67. The van der Waals surface area contributed by atoms with Crippen molar-refractivity contribution in [2.24, 2.45) is 0 Å². The molecule has 0 bridgehead atoms. The minimum Gasteiger partial charge on any atom is -0.462 e. The van der Waals surface area contributed by atoms with E-state index in [2.05, 4.69) is 10.4 Å². The van der Waals surface area contributed by atoms with Crippen LogP contribution in [-0.2, 0) is 16.1 Å². The SMILES string of the molecule is CCOC(=O)c1c(-c2ccccc2Cl)csc1NC(=O)Cn1ncc(Cl)c(Cl)c1=O. The number of thiophene rings is 1. The van der Waals surface area contributed by atoms with Crippen LogP contribution in [0.25, 0.3) is 11.1 Å². The molecule has 0 aliphatic carbocycles. The number of halogens is 3. The molecule has 2 heterocycles. The number of nitrogens with one attached hydrogen (secondary N) is 1. The fourth-order valence-corrected chi connectivity index (χ4v) is 4.07. The highest BCUT2D eigenvalue weighted by atomic mass is 35.5. The summed E-state index contributed by atoms with van der Waals surface area (Å²) in [4.78, 5) is 37.2. The van der Waals surface area contributed by atoms with E-state index in [4.69, 9.17) is 39.5 Å². The molecule has 0 aliphatic heterocycles. The molecule has 0 saturated carbocycles. The number of nitrogens with zero attached hydrogens (tertiary/aromatic N) is 2. The van der Waals surface area contributed by atoms with Gasteiger partial charge in [-0.05, 0) is 13.0 Å². The van der Waals surface area contributed by atoms with Gasteiger partial charge in [-0.25, -0.2) is 9.48 Å². The zero-order valence-electron chi connectivity index (χ0n) is 15.4. The number of anilines is 1. The van der Waals surface area contributed by atoms with Gasteiger partial charge in [0.05, 0.1) is 17.8 Å². The molecule has 0 saturated heterocycles. The fourth-order valence-electron chi connectivity index (χ4n) is 2.59. The third-order valence-corrected chi connectivity index (χ3v) is 5.90. The number of amides is 1. The normalized spacial score (nSPS) is 10.7. The molecule has 0 radical (unpaired) electrons. The van der Waals surface area contributed by atoms with E-state index in [1.807, 2.05) is 0 Å². The first-order chi connectivity index (χ1) is 14.3. The second-order valence-electron chi connectivity index (χ2n) is 5.87. The predicted octanol–water partition coefficient (Wildman–Crippen LogP) is 4.75. The van der Waals surface area contributed by atoms with Gasteiger partial charge >= 0.3 is 5.97 Å². The molecule has 156 valence electrons. The highest BCUT2D eigenvalue weighted by Crippen LogP contribution is 2.39. The first kappa shape index (κ1) is 22.3. The summed E-state index contributed by atoms with van der Waals surface area (Å²) in [5, 5.41) is 8.60. The van der Waals surface area contributed by atoms with E-state index in [-0.39, 0.29) is 27.2 Å². The summed E-state index contributed by atoms with van der Waals surface area (Å²) in [7, 11) is 0. The molecule has 0 spiro atoms. The average Bonchev–Trinajstić information content (AvgIpc) is 3.12. The molecule has 2 aromatic heterocycles. The Labute approximate surface area is 190 Å². The number of hydrogen-bond acceptors (Lipinski definition) is 6.